The number of aryl methyl sites for hydroxylation is 1. The van der Waals surface area contributed by atoms with Gasteiger partial charge in [-0.15, -0.1) is 0 Å². The van der Waals surface area contributed by atoms with E-state index in [0.717, 1.165) is 21.4 Å². The second-order valence-corrected chi connectivity index (χ2v) is 7.78. The number of hydrogen-bond acceptors (Lipinski definition) is 4. The number of carbonyl (C=O) groups is 1. The third-order valence-electron chi connectivity index (χ3n) is 4.32. The molecule has 0 saturated heterocycles. The lowest BCUT2D eigenvalue weighted by Gasteiger charge is -2.13. The standard InChI is InChI=1S/C23H20BrClN2O2/c1-3-10-29-17-6-8-18(14(2)11-17)23(28)19-7-5-16(13-20(19)25)27-22-9-4-15(24)12-21(22)26/h3-9,11-13,27H,1,10,26H2,2H3. The van der Waals surface area contributed by atoms with Crippen molar-refractivity contribution in [3.05, 3.63) is 93.4 Å². The van der Waals surface area contributed by atoms with E-state index >= 15 is 0 Å². The van der Waals surface area contributed by atoms with Crippen LogP contribution in [0.3, 0.4) is 0 Å². The van der Waals surface area contributed by atoms with Crippen LogP contribution in [0.4, 0.5) is 17.1 Å². The number of nitrogens with two attached hydrogens (primary N) is 1. The van der Waals surface area contributed by atoms with Crippen LogP contribution in [0.1, 0.15) is 21.5 Å². The molecule has 0 saturated carbocycles. The fourth-order valence-corrected chi connectivity index (χ4v) is 3.51. The highest BCUT2D eigenvalue weighted by Crippen LogP contribution is 2.30. The highest BCUT2D eigenvalue weighted by Gasteiger charge is 2.16. The Morgan fingerprint density at radius 2 is 1.93 bits per heavy atom. The van der Waals surface area contributed by atoms with Gasteiger partial charge in [0.2, 0.25) is 0 Å². The second-order valence-electron chi connectivity index (χ2n) is 6.46. The molecule has 3 aromatic carbocycles. The molecule has 6 heteroatoms. The molecular weight excluding hydrogens is 452 g/mol. The van der Waals surface area contributed by atoms with Crippen LogP contribution in [0.15, 0.2) is 71.7 Å². The number of nitrogens with one attached hydrogen (secondary N) is 1. The molecule has 3 aromatic rings. The van der Waals surface area contributed by atoms with Crippen LogP contribution >= 0.6 is 27.5 Å². The van der Waals surface area contributed by atoms with Crippen molar-refractivity contribution in [1.82, 2.24) is 0 Å². The molecular formula is C23H20BrClN2O2. The zero-order chi connectivity index (χ0) is 21.0. The average molecular weight is 472 g/mol. The van der Waals surface area contributed by atoms with E-state index in [4.69, 9.17) is 22.1 Å². The quantitative estimate of drug-likeness (QED) is 0.233. The lowest BCUT2D eigenvalue weighted by atomic mass is 9.98. The van der Waals surface area contributed by atoms with E-state index in [1.807, 2.05) is 31.2 Å². The molecule has 0 unspecified atom stereocenters. The molecule has 0 bridgehead atoms. The lowest BCUT2D eigenvalue weighted by Crippen LogP contribution is -2.06. The summed E-state index contributed by atoms with van der Waals surface area (Å²) in [5.74, 6) is 0.550. The monoisotopic (exact) mass is 470 g/mol. The summed E-state index contributed by atoms with van der Waals surface area (Å²) in [5, 5.41) is 3.58. The van der Waals surface area contributed by atoms with Gasteiger partial charge in [0.1, 0.15) is 12.4 Å². The van der Waals surface area contributed by atoms with Crippen molar-refractivity contribution in [2.45, 2.75) is 6.92 Å². The number of ether oxygens (including phenoxy) is 1. The zero-order valence-electron chi connectivity index (χ0n) is 15.8. The molecule has 0 fully saturated rings. The summed E-state index contributed by atoms with van der Waals surface area (Å²) in [5.41, 5.74) is 9.96. The largest absolute Gasteiger partial charge is 0.490 e. The molecule has 0 aliphatic rings. The van der Waals surface area contributed by atoms with E-state index in [-0.39, 0.29) is 5.78 Å². The number of ketones is 1. The maximum absolute atomic E-state index is 13.0. The summed E-state index contributed by atoms with van der Waals surface area (Å²) in [7, 11) is 0. The molecule has 0 spiro atoms. The van der Waals surface area contributed by atoms with Gasteiger partial charge in [-0.05, 0) is 67.1 Å². The topological polar surface area (TPSA) is 64.3 Å². The number of anilines is 3. The third kappa shape index (κ3) is 5.00. The first-order chi connectivity index (χ1) is 13.9. The summed E-state index contributed by atoms with van der Waals surface area (Å²) in [4.78, 5) is 13.0. The van der Waals surface area contributed by atoms with Gasteiger partial charge < -0.3 is 15.8 Å². The van der Waals surface area contributed by atoms with Crippen LogP contribution in [-0.2, 0) is 0 Å². The van der Waals surface area contributed by atoms with Crippen molar-refractivity contribution < 1.29 is 9.53 Å². The lowest BCUT2D eigenvalue weighted by molar-refractivity contribution is 0.103. The first-order valence-electron chi connectivity index (χ1n) is 8.89. The Balaban J connectivity index is 1.82. The Kier molecular flexibility index (Phi) is 6.62. The first-order valence-corrected chi connectivity index (χ1v) is 10.1. The van der Waals surface area contributed by atoms with Crippen molar-refractivity contribution in [3.8, 4) is 5.75 Å². The van der Waals surface area contributed by atoms with Crippen molar-refractivity contribution in [1.29, 1.82) is 0 Å². The van der Waals surface area contributed by atoms with Gasteiger partial charge >= 0.3 is 0 Å². The van der Waals surface area contributed by atoms with E-state index in [2.05, 4.69) is 27.8 Å². The minimum Gasteiger partial charge on any atom is -0.490 e. The molecule has 29 heavy (non-hydrogen) atoms. The number of carbonyl (C=O) groups excluding carboxylic acids is 1. The maximum atomic E-state index is 13.0. The fraction of sp³-hybridized carbons (Fsp3) is 0.0870. The summed E-state index contributed by atoms with van der Waals surface area (Å²) >= 11 is 9.81. The number of nitrogen functional groups attached to an aromatic ring is 1. The average Bonchev–Trinajstić information content (AvgIpc) is 2.68. The van der Waals surface area contributed by atoms with Crippen molar-refractivity contribution in [2.75, 3.05) is 17.7 Å². The predicted molar refractivity (Wildman–Crippen MR) is 124 cm³/mol. The molecule has 3 N–H and O–H groups in total. The van der Waals surface area contributed by atoms with Crippen molar-refractivity contribution in [2.24, 2.45) is 0 Å². The minimum atomic E-state index is -0.141. The predicted octanol–water partition coefficient (Wildman–Crippen LogP) is 6.53. The number of halogens is 2. The molecule has 0 radical (unpaired) electrons. The summed E-state index contributed by atoms with van der Waals surface area (Å²) in [6, 6.07) is 16.2. The van der Waals surface area contributed by atoms with Gasteiger partial charge in [-0.3, -0.25) is 4.79 Å². The number of benzene rings is 3. The Hall–Kier alpha value is -2.76. The third-order valence-corrected chi connectivity index (χ3v) is 5.12. The Morgan fingerprint density at radius 1 is 1.17 bits per heavy atom. The number of rotatable bonds is 7. The smallest absolute Gasteiger partial charge is 0.194 e. The van der Waals surface area contributed by atoms with Crippen LogP contribution in [0.2, 0.25) is 5.02 Å². The highest BCUT2D eigenvalue weighted by molar-refractivity contribution is 9.10. The highest BCUT2D eigenvalue weighted by atomic mass is 79.9. The van der Waals surface area contributed by atoms with Gasteiger partial charge in [0.05, 0.1) is 16.4 Å². The van der Waals surface area contributed by atoms with Crippen LogP contribution in [0.25, 0.3) is 0 Å². The van der Waals surface area contributed by atoms with E-state index in [1.165, 1.54) is 0 Å². The van der Waals surface area contributed by atoms with E-state index in [9.17, 15) is 4.79 Å². The second kappa shape index (κ2) is 9.16. The zero-order valence-corrected chi connectivity index (χ0v) is 18.2. The van der Waals surface area contributed by atoms with Gasteiger partial charge in [-0.2, -0.15) is 0 Å². The van der Waals surface area contributed by atoms with Crippen molar-refractivity contribution in [3.63, 3.8) is 0 Å². The molecule has 0 amide bonds. The van der Waals surface area contributed by atoms with E-state index in [1.54, 1.807) is 36.4 Å². The van der Waals surface area contributed by atoms with E-state index < -0.39 is 0 Å². The number of hydrogen-bond donors (Lipinski definition) is 2. The van der Waals surface area contributed by atoms with E-state index in [0.29, 0.717) is 34.2 Å². The van der Waals surface area contributed by atoms with Crippen LogP contribution in [0, 0.1) is 6.92 Å². The van der Waals surface area contributed by atoms with Gasteiger partial charge in [-0.25, -0.2) is 0 Å². The van der Waals surface area contributed by atoms with Crippen LogP contribution in [-0.4, -0.2) is 12.4 Å². The Labute approximate surface area is 183 Å². The van der Waals surface area contributed by atoms with Crippen LogP contribution < -0.4 is 15.8 Å². The van der Waals surface area contributed by atoms with Gasteiger partial charge in [-0.1, -0.05) is 40.2 Å². The SMILES string of the molecule is C=CCOc1ccc(C(=O)c2ccc(Nc3ccc(Br)cc3N)cc2Cl)c(C)c1. The normalized spacial score (nSPS) is 10.4. The van der Waals surface area contributed by atoms with Gasteiger partial charge in [0, 0.05) is 21.3 Å². The summed E-state index contributed by atoms with van der Waals surface area (Å²) < 4.78 is 6.41. The fourth-order valence-electron chi connectivity index (χ4n) is 2.86. The molecule has 3 rings (SSSR count). The van der Waals surface area contributed by atoms with Gasteiger partial charge in [0.25, 0.3) is 0 Å². The molecule has 0 aliphatic carbocycles. The molecule has 0 aliphatic heterocycles. The molecule has 0 aromatic heterocycles. The first kappa shape index (κ1) is 21.0. The summed E-state index contributed by atoms with van der Waals surface area (Å²) in [6.07, 6.45) is 1.67. The minimum absolute atomic E-state index is 0.141. The van der Waals surface area contributed by atoms with Crippen molar-refractivity contribution >= 4 is 50.4 Å². The molecule has 0 heterocycles. The van der Waals surface area contributed by atoms with Gasteiger partial charge in [0.15, 0.2) is 5.78 Å². The summed E-state index contributed by atoms with van der Waals surface area (Å²) in [6.45, 7) is 5.91. The Bertz CT molecular complexity index is 1080. The van der Waals surface area contributed by atoms with Crippen LogP contribution in [0.5, 0.6) is 5.75 Å². The Morgan fingerprint density at radius 3 is 2.59 bits per heavy atom. The molecule has 4 nitrogen and oxygen atoms in total. The molecule has 148 valence electrons. The maximum Gasteiger partial charge on any atom is 0.194 e. The molecule has 0 atom stereocenters.